The Morgan fingerprint density at radius 1 is 1.03 bits per heavy atom. The van der Waals surface area contributed by atoms with Crippen LogP contribution in [0.2, 0.25) is 0 Å². The second-order valence-corrected chi connectivity index (χ2v) is 8.20. The van der Waals surface area contributed by atoms with Gasteiger partial charge in [-0.1, -0.05) is 24.3 Å². The summed E-state index contributed by atoms with van der Waals surface area (Å²) in [6.07, 6.45) is 4.46. The molecule has 1 aliphatic heterocycles. The van der Waals surface area contributed by atoms with Crippen molar-refractivity contribution < 1.29 is 14.0 Å². The van der Waals surface area contributed by atoms with Gasteiger partial charge in [0.25, 0.3) is 5.91 Å². The maximum atomic E-state index is 13.4. The predicted octanol–water partition coefficient (Wildman–Crippen LogP) is 4.36. The first-order valence-corrected chi connectivity index (χ1v) is 10.9. The van der Waals surface area contributed by atoms with Crippen molar-refractivity contribution in [3.63, 3.8) is 0 Å². The van der Waals surface area contributed by atoms with Gasteiger partial charge in [-0.25, -0.2) is 14.2 Å². The van der Waals surface area contributed by atoms with Crippen LogP contribution in [0.1, 0.15) is 29.0 Å². The van der Waals surface area contributed by atoms with Crippen LogP contribution >= 0.6 is 0 Å². The predicted molar refractivity (Wildman–Crippen MR) is 124 cm³/mol. The number of nitrogens with one attached hydrogen (secondary N) is 1. The normalized spacial score (nSPS) is 14.1. The van der Waals surface area contributed by atoms with E-state index in [0.717, 1.165) is 16.8 Å². The van der Waals surface area contributed by atoms with E-state index >= 15 is 0 Å². The molecule has 0 saturated carbocycles. The van der Waals surface area contributed by atoms with Crippen molar-refractivity contribution in [1.82, 2.24) is 19.8 Å². The molecule has 4 rings (SSSR count). The second kappa shape index (κ2) is 9.77. The maximum Gasteiger partial charge on any atom is 0.321 e. The van der Waals surface area contributed by atoms with Gasteiger partial charge in [-0.2, -0.15) is 0 Å². The number of piperidine rings is 1. The molecule has 3 aromatic rings. The van der Waals surface area contributed by atoms with Crippen LogP contribution in [0, 0.1) is 12.7 Å². The molecular formula is C25H26FN5O2. The van der Waals surface area contributed by atoms with E-state index in [1.807, 2.05) is 25.1 Å². The average molecular weight is 448 g/mol. The summed E-state index contributed by atoms with van der Waals surface area (Å²) in [5, 5.41) is 2.91. The highest BCUT2D eigenvalue weighted by molar-refractivity contribution is 5.92. The molecule has 1 aromatic heterocycles. The topological polar surface area (TPSA) is 78.4 Å². The molecule has 33 heavy (non-hydrogen) atoms. The van der Waals surface area contributed by atoms with Gasteiger partial charge in [0.1, 0.15) is 11.5 Å². The standard InChI is InChI=1S/C25H26FN5O2/c1-17-15-28-23(16-27-17)24(32)31-12-10-22(11-13-31)30(2)25(33)29-21-8-6-18(7-9-21)19-4-3-5-20(26)14-19/h3-9,14-16,22H,10-13H2,1-2H3,(H,29,33). The summed E-state index contributed by atoms with van der Waals surface area (Å²) >= 11 is 0. The zero-order chi connectivity index (χ0) is 23.4. The van der Waals surface area contributed by atoms with Gasteiger partial charge in [-0.3, -0.25) is 9.78 Å². The van der Waals surface area contributed by atoms with Crippen molar-refractivity contribution in [3.8, 4) is 11.1 Å². The van der Waals surface area contributed by atoms with Crippen LogP contribution in [0.3, 0.4) is 0 Å². The highest BCUT2D eigenvalue weighted by Gasteiger charge is 2.28. The average Bonchev–Trinajstić information content (AvgIpc) is 2.84. The molecule has 2 aromatic carbocycles. The van der Waals surface area contributed by atoms with Crippen molar-refractivity contribution in [2.75, 3.05) is 25.5 Å². The van der Waals surface area contributed by atoms with Crippen LogP contribution < -0.4 is 5.32 Å². The third kappa shape index (κ3) is 5.34. The number of urea groups is 1. The highest BCUT2D eigenvalue weighted by atomic mass is 19.1. The fourth-order valence-corrected chi connectivity index (χ4v) is 3.91. The largest absolute Gasteiger partial charge is 0.337 e. The molecule has 8 heteroatoms. The minimum atomic E-state index is -0.286. The molecule has 0 spiro atoms. The number of carbonyl (C=O) groups is 2. The van der Waals surface area contributed by atoms with Gasteiger partial charge in [0.15, 0.2) is 0 Å². The number of carbonyl (C=O) groups excluding carboxylic acids is 2. The molecule has 0 unspecified atom stereocenters. The SMILES string of the molecule is Cc1cnc(C(=O)N2CCC(N(C)C(=O)Nc3ccc(-c4cccc(F)c4)cc3)CC2)cn1. The van der Waals surface area contributed by atoms with Crippen LogP contribution in [-0.4, -0.2) is 57.9 Å². The third-order valence-electron chi connectivity index (χ3n) is 5.91. The van der Waals surface area contributed by atoms with Crippen molar-refractivity contribution in [2.24, 2.45) is 0 Å². The van der Waals surface area contributed by atoms with Crippen LogP contribution in [-0.2, 0) is 0 Å². The Balaban J connectivity index is 1.30. The number of rotatable bonds is 4. The molecule has 0 atom stereocenters. The fourth-order valence-electron chi connectivity index (χ4n) is 3.91. The van der Waals surface area contributed by atoms with Crippen LogP contribution in [0.4, 0.5) is 14.9 Å². The molecule has 0 aliphatic carbocycles. The van der Waals surface area contributed by atoms with E-state index in [1.165, 1.54) is 18.3 Å². The summed E-state index contributed by atoms with van der Waals surface area (Å²) in [4.78, 5) is 37.1. The smallest absolute Gasteiger partial charge is 0.321 e. The van der Waals surface area contributed by atoms with Gasteiger partial charge in [-0.05, 0) is 55.2 Å². The number of nitrogens with zero attached hydrogens (tertiary/aromatic N) is 4. The van der Waals surface area contributed by atoms with E-state index in [-0.39, 0.29) is 23.8 Å². The number of anilines is 1. The summed E-state index contributed by atoms with van der Waals surface area (Å²) in [6.45, 7) is 2.93. The summed E-state index contributed by atoms with van der Waals surface area (Å²) < 4.78 is 13.4. The Labute approximate surface area is 192 Å². The Bertz CT molecular complexity index is 1130. The number of hydrogen-bond donors (Lipinski definition) is 1. The number of hydrogen-bond acceptors (Lipinski definition) is 4. The number of halogens is 1. The lowest BCUT2D eigenvalue weighted by atomic mass is 10.0. The zero-order valence-corrected chi connectivity index (χ0v) is 18.7. The van der Waals surface area contributed by atoms with E-state index in [0.29, 0.717) is 37.3 Å². The van der Waals surface area contributed by atoms with Crippen LogP contribution in [0.25, 0.3) is 11.1 Å². The molecule has 7 nitrogen and oxygen atoms in total. The lowest BCUT2D eigenvalue weighted by molar-refractivity contribution is 0.0665. The summed E-state index contributed by atoms with van der Waals surface area (Å²) in [7, 11) is 1.77. The minimum Gasteiger partial charge on any atom is -0.337 e. The lowest BCUT2D eigenvalue weighted by Gasteiger charge is -2.36. The van der Waals surface area contributed by atoms with E-state index in [2.05, 4.69) is 15.3 Å². The number of amides is 3. The van der Waals surface area contributed by atoms with E-state index < -0.39 is 0 Å². The third-order valence-corrected chi connectivity index (χ3v) is 5.91. The molecule has 1 aliphatic rings. The Morgan fingerprint density at radius 2 is 1.76 bits per heavy atom. The molecule has 1 fully saturated rings. The number of aryl methyl sites for hydroxylation is 1. The fraction of sp³-hybridized carbons (Fsp3) is 0.280. The van der Waals surface area contributed by atoms with Crippen LogP contribution in [0.15, 0.2) is 60.9 Å². The first-order valence-electron chi connectivity index (χ1n) is 10.9. The maximum absolute atomic E-state index is 13.4. The second-order valence-electron chi connectivity index (χ2n) is 8.20. The van der Waals surface area contributed by atoms with E-state index in [1.54, 1.807) is 41.2 Å². The molecule has 1 N–H and O–H groups in total. The molecule has 1 saturated heterocycles. The van der Waals surface area contributed by atoms with Gasteiger partial charge < -0.3 is 15.1 Å². The van der Waals surface area contributed by atoms with Crippen molar-refractivity contribution >= 4 is 17.6 Å². The van der Waals surface area contributed by atoms with Gasteiger partial charge in [0, 0.05) is 38.1 Å². The molecular weight excluding hydrogens is 421 g/mol. The summed E-state index contributed by atoms with van der Waals surface area (Å²) in [6, 6.07) is 13.5. The number of benzene rings is 2. The van der Waals surface area contributed by atoms with Gasteiger partial charge in [0.2, 0.25) is 0 Å². The molecule has 0 bridgehead atoms. The van der Waals surface area contributed by atoms with Crippen LogP contribution in [0.5, 0.6) is 0 Å². The molecule has 3 amide bonds. The molecule has 0 radical (unpaired) electrons. The lowest BCUT2D eigenvalue weighted by Crippen LogP contribution is -2.48. The minimum absolute atomic E-state index is 0.0321. The number of aromatic nitrogens is 2. The van der Waals surface area contributed by atoms with Gasteiger partial charge in [0.05, 0.1) is 11.9 Å². The Hall–Kier alpha value is -3.81. The van der Waals surface area contributed by atoms with Crippen molar-refractivity contribution in [1.29, 1.82) is 0 Å². The Morgan fingerprint density at radius 3 is 2.39 bits per heavy atom. The van der Waals surface area contributed by atoms with Crippen molar-refractivity contribution in [3.05, 3.63) is 78.1 Å². The zero-order valence-electron chi connectivity index (χ0n) is 18.7. The molecule has 170 valence electrons. The monoisotopic (exact) mass is 447 g/mol. The van der Waals surface area contributed by atoms with E-state index in [4.69, 9.17) is 0 Å². The highest BCUT2D eigenvalue weighted by Crippen LogP contribution is 2.23. The van der Waals surface area contributed by atoms with Gasteiger partial charge >= 0.3 is 6.03 Å². The number of likely N-dealkylation sites (tertiary alicyclic amines) is 1. The summed E-state index contributed by atoms with van der Waals surface area (Å²) in [5.74, 6) is -0.419. The Kier molecular flexibility index (Phi) is 6.63. The first kappa shape index (κ1) is 22.4. The van der Waals surface area contributed by atoms with E-state index in [9.17, 15) is 14.0 Å². The summed E-state index contributed by atoms with van der Waals surface area (Å²) in [5.41, 5.74) is 3.42. The van der Waals surface area contributed by atoms with Gasteiger partial charge in [-0.15, -0.1) is 0 Å². The first-order chi connectivity index (χ1) is 15.9. The molecule has 2 heterocycles. The van der Waals surface area contributed by atoms with Crippen molar-refractivity contribution in [2.45, 2.75) is 25.8 Å². The quantitative estimate of drug-likeness (QED) is 0.645.